The van der Waals surface area contributed by atoms with Crippen molar-refractivity contribution in [1.82, 2.24) is 0 Å². The minimum atomic E-state index is -0.560. The fourth-order valence-corrected chi connectivity index (χ4v) is 0.925. The highest BCUT2D eigenvalue weighted by molar-refractivity contribution is 5.91. The average molecular weight is 314 g/mol. The number of ether oxygens (including phenoxy) is 3. The van der Waals surface area contributed by atoms with Gasteiger partial charge in [-0.25, -0.2) is 9.59 Å². The van der Waals surface area contributed by atoms with Crippen LogP contribution in [0.4, 0.5) is 0 Å². The minimum absolute atomic E-state index is 0.329. The normalized spacial score (nSPS) is 11.0. The van der Waals surface area contributed by atoms with Crippen LogP contribution < -0.4 is 0 Å². The molecule has 0 rings (SSSR count). The molecule has 0 fully saturated rings. The smallest absolute Gasteiger partial charge is 0.331 e. The number of hydrogen-bond acceptors (Lipinski definition) is 6. The van der Waals surface area contributed by atoms with Gasteiger partial charge in [0.05, 0.1) is 6.26 Å². The summed E-state index contributed by atoms with van der Waals surface area (Å²) in [5, 5.41) is 0. The van der Waals surface area contributed by atoms with Crippen molar-refractivity contribution in [3.05, 3.63) is 25.0 Å². The Morgan fingerprint density at radius 2 is 1.14 bits per heavy atom. The summed E-state index contributed by atoms with van der Waals surface area (Å²) in [7, 11) is 0. The topological polar surface area (TPSA) is 78.9 Å². The Balaban J connectivity index is 0. The summed E-state index contributed by atoms with van der Waals surface area (Å²) in [5.41, 5.74) is -1.12. The SMILES string of the molecule is C=COC(C)=O.CC(C)(C)OC(=O)/C=C/C(=O)OC(C)(C)C. The van der Waals surface area contributed by atoms with Crippen LogP contribution >= 0.6 is 0 Å². The summed E-state index contributed by atoms with van der Waals surface area (Å²) in [6.45, 7) is 15.0. The number of carbonyl (C=O) groups is 3. The predicted octanol–water partition coefficient (Wildman–Crippen LogP) is 2.92. The van der Waals surface area contributed by atoms with Crippen molar-refractivity contribution in [2.75, 3.05) is 0 Å². The van der Waals surface area contributed by atoms with Crippen molar-refractivity contribution >= 4 is 17.9 Å². The van der Waals surface area contributed by atoms with Crippen molar-refractivity contribution < 1.29 is 28.6 Å². The van der Waals surface area contributed by atoms with Gasteiger partial charge in [0, 0.05) is 19.1 Å². The Morgan fingerprint density at radius 3 is 1.27 bits per heavy atom. The molecule has 126 valence electrons. The molecule has 0 amide bonds. The first-order valence-electron chi connectivity index (χ1n) is 6.69. The molecule has 0 aliphatic heterocycles. The van der Waals surface area contributed by atoms with Gasteiger partial charge in [0.25, 0.3) is 0 Å². The average Bonchev–Trinajstić information content (AvgIpc) is 2.22. The predicted molar refractivity (Wildman–Crippen MR) is 82.8 cm³/mol. The minimum Gasteiger partial charge on any atom is -0.457 e. The van der Waals surface area contributed by atoms with Gasteiger partial charge in [0.15, 0.2) is 0 Å². The van der Waals surface area contributed by atoms with E-state index in [1.165, 1.54) is 6.92 Å². The van der Waals surface area contributed by atoms with Gasteiger partial charge in [-0.15, -0.1) is 0 Å². The molecule has 0 atom stereocenters. The lowest BCUT2D eigenvalue weighted by Gasteiger charge is -2.19. The van der Waals surface area contributed by atoms with Crippen LogP contribution in [0.1, 0.15) is 48.5 Å². The van der Waals surface area contributed by atoms with Crippen molar-refractivity contribution in [2.24, 2.45) is 0 Å². The third-order valence-electron chi connectivity index (χ3n) is 1.42. The lowest BCUT2D eigenvalue weighted by Crippen LogP contribution is -2.24. The Labute approximate surface area is 132 Å². The van der Waals surface area contributed by atoms with E-state index in [2.05, 4.69) is 11.3 Å². The molecular weight excluding hydrogens is 288 g/mol. The van der Waals surface area contributed by atoms with Gasteiger partial charge >= 0.3 is 17.9 Å². The molecule has 0 radical (unpaired) electrons. The number of esters is 3. The molecule has 0 saturated carbocycles. The molecule has 0 heterocycles. The van der Waals surface area contributed by atoms with Crippen molar-refractivity contribution in [3.8, 4) is 0 Å². The van der Waals surface area contributed by atoms with E-state index in [1.807, 2.05) is 0 Å². The van der Waals surface area contributed by atoms with Gasteiger partial charge < -0.3 is 14.2 Å². The second kappa shape index (κ2) is 9.76. The van der Waals surface area contributed by atoms with Gasteiger partial charge in [-0.1, -0.05) is 6.58 Å². The third-order valence-corrected chi connectivity index (χ3v) is 1.42. The number of hydrogen-bond donors (Lipinski definition) is 0. The number of rotatable bonds is 3. The Bertz CT molecular complexity index is 391. The first-order chi connectivity index (χ1) is 9.76. The molecule has 0 aliphatic carbocycles. The Morgan fingerprint density at radius 1 is 0.818 bits per heavy atom. The first kappa shape index (κ1) is 22.2. The van der Waals surface area contributed by atoms with Crippen LogP contribution in [0.5, 0.6) is 0 Å². The van der Waals surface area contributed by atoms with E-state index in [4.69, 9.17) is 9.47 Å². The maximum absolute atomic E-state index is 11.2. The van der Waals surface area contributed by atoms with Crippen LogP contribution in [0.2, 0.25) is 0 Å². The quantitative estimate of drug-likeness (QED) is 0.345. The Hall–Kier alpha value is -2.11. The van der Waals surface area contributed by atoms with Crippen LogP contribution in [0.25, 0.3) is 0 Å². The van der Waals surface area contributed by atoms with Gasteiger partial charge in [0.1, 0.15) is 11.2 Å². The molecule has 0 aliphatic rings. The van der Waals surface area contributed by atoms with Gasteiger partial charge in [-0.2, -0.15) is 0 Å². The molecule has 0 aromatic rings. The molecule has 6 heteroatoms. The molecule has 0 bridgehead atoms. The third kappa shape index (κ3) is 20.2. The molecule has 22 heavy (non-hydrogen) atoms. The molecule has 0 aromatic heterocycles. The lowest BCUT2D eigenvalue weighted by molar-refractivity contribution is -0.151. The van der Waals surface area contributed by atoms with Gasteiger partial charge in [-0.3, -0.25) is 4.79 Å². The zero-order valence-electron chi connectivity index (χ0n) is 14.4. The maximum atomic E-state index is 11.2. The zero-order chi connectivity index (χ0) is 18.0. The first-order valence-corrected chi connectivity index (χ1v) is 6.69. The van der Waals surface area contributed by atoms with E-state index < -0.39 is 23.1 Å². The zero-order valence-corrected chi connectivity index (χ0v) is 14.4. The summed E-state index contributed by atoms with van der Waals surface area (Å²) >= 11 is 0. The van der Waals surface area contributed by atoms with E-state index in [0.29, 0.717) is 0 Å². The standard InChI is InChI=1S/C12H20O4.C4H6O2/c1-11(2,3)15-9(13)7-8-10(14)16-12(4,5)6;1-3-6-4(2)5/h7-8H,1-6H3;3H,1H2,2H3/b8-7+;. The maximum Gasteiger partial charge on any atom is 0.331 e. The largest absolute Gasteiger partial charge is 0.457 e. The molecule has 0 N–H and O–H groups in total. The number of carbonyl (C=O) groups excluding carboxylic acids is 3. The van der Waals surface area contributed by atoms with Gasteiger partial charge in [-0.05, 0) is 41.5 Å². The molecular formula is C16H26O6. The summed E-state index contributed by atoms with van der Waals surface area (Å²) in [6.07, 6.45) is 3.24. The van der Waals surface area contributed by atoms with E-state index in [0.717, 1.165) is 18.4 Å². The lowest BCUT2D eigenvalue weighted by atomic mass is 10.2. The van der Waals surface area contributed by atoms with Crippen LogP contribution in [0.15, 0.2) is 25.0 Å². The van der Waals surface area contributed by atoms with Crippen molar-refractivity contribution in [1.29, 1.82) is 0 Å². The second-order valence-corrected chi connectivity index (χ2v) is 6.18. The summed E-state index contributed by atoms with van der Waals surface area (Å²) in [4.78, 5) is 32.2. The molecule has 6 nitrogen and oxygen atoms in total. The molecule has 0 saturated heterocycles. The summed E-state index contributed by atoms with van der Waals surface area (Å²) < 4.78 is 14.1. The fourth-order valence-electron chi connectivity index (χ4n) is 0.925. The van der Waals surface area contributed by atoms with Gasteiger partial charge in [0.2, 0.25) is 0 Å². The van der Waals surface area contributed by atoms with Crippen LogP contribution in [-0.4, -0.2) is 29.1 Å². The second-order valence-electron chi connectivity index (χ2n) is 6.18. The van der Waals surface area contributed by atoms with E-state index >= 15 is 0 Å². The highest BCUT2D eigenvalue weighted by atomic mass is 16.6. The van der Waals surface area contributed by atoms with E-state index in [1.54, 1.807) is 41.5 Å². The van der Waals surface area contributed by atoms with Crippen LogP contribution in [0, 0.1) is 0 Å². The fraction of sp³-hybridized carbons (Fsp3) is 0.562. The monoisotopic (exact) mass is 314 g/mol. The highest BCUT2D eigenvalue weighted by Crippen LogP contribution is 2.09. The Kier molecular flexibility index (Phi) is 9.84. The van der Waals surface area contributed by atoms with Crippen molar-refractivity contribution in [3.63, 3.8) is 0 Å². The van der Waals surface area contributed by atoms with E-state index in [9.17, 15) is 14.4 Å². The van der Waals surface area contributed by atoms with E-state index in [-0.39, 0.29) is 5.97 Å². The summed E-state index contributed by atoms with van der Waals surface area (Å²) in [6, 6.07) is 0. The van der Waals surface area contributed by atoms with Crippen molar-refractivity contribution in [2.45, 2.75) is 59.7 Å². The summed E-state index contributed by atoms with van der Waals surface area (Å²) in [5.74, 6) is -1.44. The molecule has 0 spiro atoms. The van der Waals surface area contributed by atoms with Crippen LogP contribution in [0.3, 0.4) is 0 Å². The van der Waals surface area contributed by atoms with Crippen LogP contribution in [-0.2, 0) is 28.6 Å². The highest BCUT2D eigenvalue weighted by Gasteiger charge is 2.16. The molecule has 0 unspecified atom stereocenters. The molecule has 0 aromatic carbocycles.